The Labute approximate surface area is 107 Å². The lowest BCUT2D eigenvalue weighted by Crippen LogP contribution is -2.34. The fraction of sp³-hybridized carbons (Fsp3) is 0.462. The Balaban J connectivity index is 3.09. The summed E-state index contributed by atoms with van der Waals surface area (Å²) in [5.74, 6) is -0.291. The number of aryl methyl sites for hydroxylation is 1. The van der Waals surface area contributed by atoms with E-state index in [2.05, 4.69) is 11.1 Å². The second-order valence-electron chi connectivity index (χ2n) is 4.37. The summed E-state index contributed by atoms with van der Waals surface area (Å²) < 4.78 is 0. The molecule has 96 valence electrons. The Morgan fingerprint density at radius 1 is 1.56 bits per heavy atom. The van der Waals surface area contributed by atoms with Crippen LogP contribution in [0, 0.1) is 18.3 Å². The Morgan fingerprint density at radius 2 is 2.22 bits per heavy atom. The number of carbonyl (C=O) groups is 1. The average molecular weight is 247 g/mol. The minimum Gasteiger partial charge on any atom is -0.481 e. The van der Waals surface area contributed by atoms with Crippen LogP contribution in [0.3, 0.4) is 0 Å². The van der Waals surface area contributed by atoms with Gasteiger partial charge in [0.1, 0.15) is 11.9 Å². The first-order valence-corrected chi connectivity index (χ1v) is 5.82. The molecule has 0 spiro atoms. The zero-order chi connectivity index (χ0) is 13.7. The molecule has 0 bridgehead atoms. The van der Waals surface area contributed by atoms with Crippen LogP contribution >= 0.6 is 0 Å². The fourth-order valence-electron chi connectivity index (χ4n) is 1.67. The van der Waals surface area contributed by atoms with Crippen molar-refractivity contribution in [2.24, 2.45) is 0 Å². The zero-order valence-corrected chi connectivity index (χ0v) is 10.8. The third-order valence-electron chi connectivity index (χ3n) is 2.60. The Kier molecular flexibility index (Phi) is 4.67. The van der Waals surface area contributed by atoms with E-state index in [0.29, 0.717) is 17.9 Å². The summed E-state index contributed by atoms with van der Waals surface area (Å²) in [4.78, 5) is 16.9. The molecule has 0 amide bonds. The second-order valence-corrected chi connectivity index (χ2v) is 4.37. The van der Waals surface area contributed by atoms with E-state index in [1.165, 1.54) is 0 Å². The monoisotopic (exact) mass is 247 g/mol. The fourth-order valence-corrected chi connectivity index (χ4v) is 1.67. The number of aromatic nitrogens is 1. The first kappa shape index (κ1) is 14.0. The molecule has 5 nitrogen and oxygen atoms in total. The van der Waals surface area contributed by atoms with Crippen molar-refractivity contribution < 1.29 is 9.90 Å². The van der Waals surface area contributed by atoms with Gasteiger partial charge < -0.3 is 10.0 Å². The minimum absolute atomic E-state index is 0.0265. The van der Waals surface area contributed by atoms with Crippen LogP contribution in [0.1, 0.15) is 31.5 Å². The van der Waals surface area contributed by atoms with Crippen molar-refractivity contribution in [1.29, 1.82) is 5.26 Å². The molecule has 0 aliphatic heterocycles. The topological polar surface area (TPSA) is 77.2 Å². The van der Waals surface area contributed by atoms with Crippen LogP contribution in [0.2, 0.25) is 0 Å². The molecule has 0 saturated carbocycles. The van der Waals surface area contributed by atoms with Crippen LogP contribution in [-0.2, 0) is 4.79 Å². The van der Waals surface area contributed by atoms with Crippen LogP contribution in [0.25, 0.3) is 0 Å². The van der Waals surface area contributed by atoms with E-state index in [0.717, 1.165) is 5.69 Å². The van der Waals surface area contributed by atoms with Crippen molar-refractivity contribution in [2.75, 3.05) is 11.4 Å². The normalized spacial score (nSPS) is 10.2. The molecular weight excluding hydrogens is 230 g/mol. The first-order chi connectivity index (χ1) is 8.45. The number of carboxylic acids is 1. The van der Waals surface area contributed by atoms with E-state index in [1.807, 2.05) is 25.7 Å². The average Bonchev–Trinajstić information content (AvgIpc) is 2.28. The number of rotatable bonds is 5. The molecule has 5 heteroatoms. The first-order valence-electron chi connectivity index (χ1n) is 5.82. The third kappa shape index (κ3) is 3.45. The number of hydrogen-bond donors (Lipinski definition) is 1. The van der Waals surface area contributed by atoms with Gasteiger partial charge in [0.05, 0.1) is 12.0 Å². The molecule has 0 fully saturated rings. The summed E-state index contributed by atoms with van der Waals surface area (Å²) in [6, 6.07) is 5.67. The molecular formula is C13H17N3O2. The van der Waals surface area contributed by atoms with E-state index < -0.39 is 5.97 Å². The maximum absolute atomic E-state index is 10.7. The van der Waals surface area contributed by atoms with E-state index >= 15 is 0 Å². The number of aliphatic carboxylic acids is 1. The number of anilines is 1. The van der Waals surface area contributed by atoms with Gasteiger partial charge in [0.25, 0.3) is 0 Å². The number of nitriles is 1. The van der Waals surface area contributed by atoms with Gasteiger partial charge in [-0.05, 0) is 32.9 Å². The standard InChI is InChI=1S/C13H17N3O2/c1-9(2)16(7-6-12(17)18)13-11(8-14)5-4-10(3)15-13/h4-5,9H,6-7H2,1-3H3,(H,17,18). The highest BCUT2D eigenvalue weighted by Gasteiger charge is 2.17. The van der Waals surface area contributed by atoms with Crippen LogP contribution in [0.15, 0.2) is 12.1 Å². The van der Waals surface area contributed by atoms with Gasteiger partial charge in [-0.3, -0.25) is 4.79 Å². The van der Waals surface area contributed by atoms with Gasteiger partial charge in [-0.15, -0.1) is 0 Å². The zero-order valence-electron chi connectivity index (χ0n) is 10.8. The lowest BCUT2D eigenvalue weighted by atomic mass is 10.2. The highest BCUT2D eigenvalue weighted by molar-refractivity contribution is 5.68. The van der Waals surface area contributed by atoms with Crippen molar-refractivity contribution in [3.63, 3.8) is 0 Å². The molecule has 0 aliphatic carbocycles. The van der Waals surface area contributed by atoms with Gasteiger partial charge in [-0.1, -0.05) is 0 Å². The second kappa shape index (κ2) is 6.01. The molecule has 0 aromatic carbocycles. The number of hydrogen-bond acceptors (Lipinski definition) is 4. The van der Waals surface area contributed by atoms with Crippen LogP contribution in [-0.4, -0.2) is 28.6 Å². The summed E-state index contributed by atoms with van der Waals surface area (Å²) in [7, 11) is 0. The summed E-state index contributed by atoms with van der Waals surface area (Å²) >= 11 is 0. The van der Waals surface area contributed by atoms with E-state index in [9.17, 15) is 4.79 Å². The summed E-state index contributed by atoms with van der Waals surface area (Å²) in [5, 5.41) is 17.8. The molecule has 0 unspecified atom stereocenters. The van der Waals surface area contributed by atoms with Crippen molar-refractivity contribution in [3.8, 4) is 6.07 Å². The Bertz CT molecular complexity index is 478. The molecule has 0 radical (unpaired) electrons. The van der Waals surface area contributed by atoms with Gasteiger partial charge in [0.2, 0.25) is 0 Å². The highest BCUT2D eigenvalue weighted by Crippen LogP contribution is 2.20. The van der Waals surface area contributed by atoms with Gasteiger partial charge in [0, 0.05) is 18.3 Å². The van der Waals surface area contributed by atoms with Crippen molar-refractivity contribution in [2.45, 2.75) is 33.2 Å². The van der Waals surface area contributed by atoms with Crippen molar-refractivity contribution in [1.82, 2.24) is 4.98 Å². The van der Waals surface area contributed by atoms with Gasteiger partial charge >= 0.3 is 5.97 Å². The predicted molar refractivity (Wildman–Crippen MR) is 68.4 cm³/mol. The van der Waals surface area contributed by atoms with E-state index in [1.54, 1.807) is 12.1 Å². The maximum Gasteiger partial charge on any atom is 0.305 e. The molecule has 18 heavy (non-hydrogen) atoms. The smallest absolute Gasteiger partial charge is 0.305 e. The van der Waals surface area contributed by atoms with Gasteiger partial charge in [0.15, 0.2) is 0 Å². The van der Waals surface area contributed by atoms with Gasteiger partial charge in [-0.2, -0.15) is 5.26 Å². The minimum atomic E-state index is -0.855. The Morgan fingerprint density at radius 3 is 2.72 bits per heavy atom. The van der Waals surface area contributed by atoms with Crippen LogP contribution in [0.5, 0.6) is 0 Å². The summed E-state index contributed by atoms with van der Waals surface area (Å²) in [5.41, 5.74) is 1.28. The third-order valence-corrected chi connectivity index (χ3v) is 2.60. The molecule has 0 atom stereocenters. The van der Waals surface area contributed by atoms with Crippen molar-refractivity contribution in [3.05, 3.63) is 23.4 Å². The molecule has 1 N–H and O–H groups in total. The number of carboxylic acid groups (broad SMARTS) is 1. The van der Waals surface area contributed by atoms with Crippen molar-refractivity contribution >= 4 is 11.8 Å². The lowest BCUT2D eigenvalue weighted by Gasteiger charge is -2.28. The maximum atomic E-state index is 10.7. The largest absolute Gasteiger partial charge is 0.481 e. The summed E-state index contributed by atoms with van der Waals surface area (Å²) in [6.07, 6.45) is 0.0265. The van der Waals surface area contributed by atoms with Crippen LogP contribution < -0.4 is 4.90 Å². The van der Waals surface area contributed by atoms with Gasteiger partial charge in [-0.25, -0.2) is 4.98 Å². The molecule has 0 aliphatic rings. The van der Waals surface area contributed by atoms with Crippen LogP contribution in [0.4, 0.5) is 5.82 Å². The number of pyridine rings is 1. The van der Waals surface area contributed by atoms with E-state index in [-0.39, 0.29) is 12.5 Å². The molecule has 0 saturated heterocycles. The highest BCUT2D eigenvalue weighted by atomic mass is 16.4. The quantitative estimate of drug-likeness (QED) is 0.860. The lowest BCUT2D eigenvalue weighted by molar-refractivity contribution is -0.136. The molecule has 1 rings (SSSR count). The van der Waals surface area contributed by atoms with E-state index in [4.69, 9.17) is 10.4 Å². The Hall–Kier alpha value is -2.09. The predicted octanol–water partition coefficient (Wildman–Crippen LogP) is 1.95. The SMILES string of the molecule is Cc1ccc(C#N)c(N(CCC(=O)O)C(C)C)n1. The molecule has 1 heterocycles. The molecule has 1 aromatic heterocycles. The number of nitrogens with zero attached hydrogens (tertiary/aromatic N) is 3. The molecule has 1 aromatic rings. The summed E-state index contributed by atoms with van der Waals surface area (Å²) in [6.45, 7) is 6.10.